The molecular formula is C23H29N3O4. The van der Waals surface area contributed by atoms with Crippen LogP contribution < -0.4 is 20.3 Å². The highest BCUT2D eigenvalue weighted by atomic mass is 16.6. The standard InChI is InChI=1S/C23H29N3O4/c1-15-18(29-22(28)25-23(2,3)4)12-11-17-19(15)20(27)30-21(26(17)5)24-14-13-16-9-7-6-8-10-16/h6-12,21,24H,13-14H2,1-5H3,(H,25,28). The third-order valence-corrected chi connectivity index (χ3v) is 4.80. The Kier molecular flexibility index (Phi) is 6.31. The van der Waals surface area contributed by atoms with E-state index >= 15 is 0 Å². The van der Waals surface area contributed by atoms with Crippen LogP contribution in [0.4, 0.5) is 10.5 Å². The number of anilines is 1. The molecule has 0 radical (unpaired) electrons. The van der Waals surface area contributed by atoms with E-state index in [4.69, 9.17) is 9.47 Å². The van der Waals surface area contributed by atoms with Crippen molar-refractivity contribution in [2.24, 2.45) is 0 Å². The number of nitrogens with zero attached hydrogens (tertiary/aromatic N) is 1. The summed E-state index contributed by atoms with van der Waals surface area (Å²) < 4.78 is 11.0. The van der Waals surface area contributed by atoms with Crippen molar-refractivity contribution in [2.45, 2.75) is 46.0 Å². The molecule has 1 heterocycles. The zero-order valence-corrected chi connectivity index (χ0v) is 18.1. The second-order valence-electron chi connectivity index (χ2n) is 8.41. The topological polar surface area (TPSA) is 79.9 Å². The quantitative estimate of drug-likeness (QED) is 0.732. The van der Waals surface area contributed by atoms with Crippen LogP contribution in [0.15, 0.2) is 42.5 Å². The molecule has 0 saturated heterocycles. The SMILES string of the molecule is Cc1c(OC(=O)NC(C)(C)C)ccc2c1C(=O)OC(NCCc1ccccc1)N2C. The van der Waals surface area contributed by atoms with Crippen molar-refractivity contribution < 1.29 is 19.1 Å². The van der Waals surface area contributed by atoms with E-state index in [-0.39, 0.29) is 0 Å². The number of hydrogen-bond acceptors (Lipinski definition) is 6. The molecule has 0 aromatic heterocycles. The van der Waals surface area contributed by atoms with Crippen LogP contribution in [0.5, 0.6) is 5.75 Å². The molecule has 1 unspecified atom stereocenters. The van der Waals surface area contributed by atoms with Crippen LogP contribution in [-0.2, 0) is 11.2 Å². The highest BCUT2D eigenvalue weighted by molar-refractivity contribution is 6.00. The summed E-state index contributed by atoms with van der Waals surface area (Å²) in [7, 11) is 1.86. The average Bonchev–Trinajstić information content (AvgIpc) is 2.66. The summed E-state index contributed by atoms with van der Waals surface area (Å²) in [5.74, 6) is -0.115. The van der Waals surface area contributed by atoms with Gasteiger partial charge in [0.15, 0.2) is 0 Å². The summed E-state index contributed by atoms with van der Waals surface area (Å²) in [5, 5.41) is 6.01. The normalized spacial score (nSPS) is 16.0. The minimum absolute atomic E-state index is 0.330. The molecule has 0 bridgehead atoms. The van der Waals surface area contributed by atoms with Gasteiger partial charge < -0.3 is 19.7 Å². The molecule has 1 atom stereocenters. The van der Waals surface area contributed by atoms with Gasteiger partial charge in [-0.2, -0.15) is 0 Å². The number of carbonyl (C=O) groups is 2. The molecule has 0 saturated carbocycles. The Morgan fingerprint density at radius 2 is 1.87 bits per heavy atom. The van der Waals surface area contributed by atoms with Crippen molar-refractivity contribution in [1.29, 1.82) is 0 Å². The van der Waals surface area contributed by atoms with Crippen LogP contribution in [0.25, 0.3) is 0 Å². The Morgan fingerprint density at radius 3 is 2.53 bits per heavy atom. The van der Waals surface area contributed by atoms with Gasteiger partial charge in [0.2, 0.25) is 6.35 Å². The molecule has 1 aliphatic rings. The molecular weight excluding hydrogens is 382 g/mol. The van der Waals surface area contributed by atoms with E-state index in [9.17, 15) is 9.59 Å². The number of carbonyl (C=O) groups excluding carboxylic acids is 2. The van der Waals surface area contributed by atoms with E-state index in [1.165, 1.54) is 5.56 Å². The average molecular weight is 412 g/mol. The number of ether oxygens (including phenoxy) is 2. The lowest BCUT2D eigenvalue weighted by molar-refractivity contribution is 0.0180. The van der Waals surface area contributed by atoms with Crippen molar-refractivity contribution in [2.75, 3.05) is 18.5 Å². The fourth-order valence-electron chi connectivity index (χ4n) is 3.30. The lowest BCUT2D eigenvalue weighted by Crippen LogP contribution is -2.51. The first-order chi connectivity index (χ1) is 14.2. The fraction of sp³-hybridized carbons (Fsp3) is 0.391. The van der Waals surface area contributed by atoms with Gasteiger partial charge in [0, 0.05) is 24.7 Å². The van der Waals surface area contributed by atoms with Crippen molar-refractivity contribution >= 4 is 17.7 Å². The first kappa shape index (κ1) is 21.6. The maximum Gasteiger partial charge on any atom is 0.413 e. The van der Waals surface area contributed by atoms with Gasteiger partial charge in [-0.3, -0.25) is 5.32 Å². The predicted molar refractivity (Wildman–Crippen MR) is 116 cm³/mol. The van der Waals surface area contributed by atoms with Crippen LogP contribution in [0.3, 0.4) is 0 Å². The Morgan fingerprint density at radius 1 is 1.17 bits per heavy atom. The summed E-state index contributed by atoms with van der Waals surface area (Å²) in [5.41, 5.74) is 2.48. The number of nitrogens with one attached hydrogen (secondary N) is 2. The number of benzene rings is 2. The van der Waals surface area contributed by atoms with Crippen molar-refractivity contribution in [3.05, 3.63) is 59.2 Å². The summed E-state index contributed by atoms with van der Waals surface area (Å²) in [4.78, 5) is 26.7. The molecule has 1 aliphatic heterocycles. The smallest absolute Gasteiger partial charge is 0.413 e. The minimum atomic E-state index is -0.566. The Hall–Kier alpha value is -3.06. The zero-order valence-electron chi connectivity index (χ0n) is 18.1. The van der Waals surface area contributed by atoms with Gasteiger partial charge in [0.25, 0.3) is 0 Å². The van der Waals surface area contributed by atoms with E-state index in [2.05, 4.69) is 22.8 Å². The second-order valence-corrected chi connectivity index (χ2v) is 8.41. The summed E-state index contributed by atoms with van der Waals surface area (Å²) >= 11 is 0. The largest absolute Gasteiger partial charge is 0.424 e. The molecule has 7 nitrogen and oxygen atoms in total. The number of hydrogen-bond donors (Lipinski definition) is 2. The van der Waals surface area contributed by atoms with Crippen molar-refractivity contribution in [3.63, 3.8) is 0 Å². The first-order valence-corrected chi connectivity index (χ1v) is 10.0. The Labute approximate surface area is 177 Å². The van der Waals surface area contributed by atoms with E-state index in [1.54, 1.807) is 19.1 Å². The van der Waals surface area contributed by atoms with Crippen molar-refractivity contribution in [3.8, 4) is 5.75 Å². The van der Waals surface area contributed by atoms with E-state index in [0.29, 0.717) is 23.4 Å². The van der Waals surface area contributed by atoms with E-state index in [0.717, 1.165) is 12.1 Å². The van der Waals surface area contributed by atoms with Crippen LogP contribution in [-0.4, -0.2) is 37.5 Å². The molecule has 2 aromatic carbocycles. The maximum atomic E-state index is 12.7. The molecule has 0 spiro atoms. The fourth-order valence-corrected chi connectivity index (χ4v) is 3.30. The zero-order chi connectivity index (χ0) is 21.9. The monoisotopic (exact) mass is 411 g/mol. The van der Waals surface area contributed by atoms with Gasteiger partial charge >= 0.3 is 12.1 Å². The molecule has 2 N–H and O–H groups in total. The number of cyclic esters (lactones) is 1. The van der Waals surface area contributed by atoms with E-state index in [1.807, 2.05) is 50.9 Å². The number of fused-ring (bicyclic) bond motifs is 1. The molecule has 7 heteroatoms. The Balaban J connectivity index is 1.70. The third kappa shape index (κ3) is 5.10. The lowest BCUT2D eigenvalue weighted by Gasteiger charge is -2.36. The maximum absolute atomic E-state index is 12.7. The van der Waals surface area contributed by atoms with Gasteiger partial charge in [-0.1, -0.05) is 30.3 Å². The van der Waals surface area contributed by atoms with Crippen LogP contribution in [0.1, 0.15) is 42.3 Å². The molecule has 2 aromatic rings. The van der Waals surface area contributed by atoms with E-state index < -0.39 is 24.0 Å². The number of esters is 1. The van der Waals surface area contributed by atoms with Gasteiger partial charge in [-0.25, -0.2) is 9.59 Å². The van der Waals surface area contributed by atoms with Crippen molar-refractivity contribution in [1.82, 2.24) is 10.6 Å². The minimum Gasteiger partial charge on any atom is -0.424 e. The first-order valence-electron chi connectivity index (χ1n) is 10.0. The highest BCUT2D eigenvalue weighted by Gasteiger charge is 2.33. The summed E-state index contributed by atoms with van der Waals surface area (Å²) in [6.07, 6.45) is -0.308. The van der Waals surface area contributed by atoms with Crippen LogP contribution in [0.2, 0.25) is 0 Å². The Bertz CT molecular complexity index is 922. The summed E-state index contributed by atoms with van der Waals surface area (Å²) in [6, 6.07) is 13.6. The highest BCUT2D eigenvalue weighted by Crippen LogP contribution is 2.34. The van der Waals surface area contributed by atoms with Gasteiger partial charge in [-0.05, 0) is 51.8 Å². The third-order valence-electron chi connectivity index (χ3n) is 4.80. The number of rotatable bonds is 5. The van der Waals surface area contributed by atoms with Gasteiger partial charge in [0.05, 0.1) is 11.3 Å². The van der Waals surface area contributed by atoms with Gasteiger partial charge in [-0.15, -0.1) is 0 Å². The molecule has 30 heavy (non-hydrogen) atoms. The van der Waals surface area contributed by atoms with Gasteiger partial charge in [0.1, 0.15) is 5.75 Å². The second kappa shape index (κ2) is 8.75. The molecule has 1 amide bonds. The van der Waals surface area contributed by atoms with Crippen LogP contribution in [0, 0.1) is 6.92 Å². The molecule has 3 rings (SSSR count). The number of amides is 1. The van der Waals surface area contributed by atoms with Crippen LogP contribution >= 0.6 is 0 Å². The molecule has 0 fully saturated rings. The molecule has 0 aliphatic carbocycles. The molecule has 160 valence electrons. The summed E-state index contributed by atoms with van der Waals surface area (Å²) in [6.45, 7) is 8.01. The lowest BCUT2D eigenvalue weighted by atomic mass is 10.0. The predicted octanol–water partition coefficient (Wildman–Crippen LogP) is 3.60.